The Morgan fingerprint density at radius 3 is 1.47 bits per heavy atom. The average Bonchev–Trinajstić information content (AvgIpc) is 3.56. The topological polar surface area (TPSA) is 80.2 Å². The normalized spacial score (nSPS) is 11.3. The van der Waals surface area contributed by atoms with Crippen LogP contribution in [0.3, 0.4) is 0 Å². The second-order valence-electron chi connectivity index (χ2n) is 11.9. The van der Waals surface area contributed by atoms with Crippen molar-refractivity contribution >= 4 is 21.8 Å². The number of aromatic amines is 1. The van der Waals surface area contributed by atoms with Gasteiger partial charge in [-0.05, 0) is 65.2 Å². The van der Waals surface area contributed by atoms with E-state index in [9.17, 15) is 0 Å². The van der Waals surface area contributed by atoms with E-state index in [1.54, 1.807) is 6.20 Å². The molecule has 9 aromatic rings. The predicted octanol–water partition coefficient (Wildman–Crippen LogP) is 10.3. The minimum absolute atomic E-state index is 0.623. The highest BCUT2D eigenvalue weighted by Crippen LogP contribution is 2.34. The second-order valence-corrected chi connectivity index (χ2v) is 11.9. The lowest BCUT2D eigenvalue weighted by Gasteiger charge is -2.09. The number of hydrogen-bond acceptors (Lipinski definition) is 5. The van der Waals surface area contributed by atoms with Crippen molar-refractivity contribution in [2.75, 3.05) is 0 Å². The molecule has 9 rings (SSSR count). The van der Waals surface area contributed by atoms with E-state index in [0.29, 0.717) is 17.5 Å². The largest absolute Gasteiger partial charge is 0.355 e. The number of nitrogens with zero attached hydrogens (tertiary/aromatic N) is 5. The summed E-state index contributed by atoms with van der Waals surface area (Å²) in [7, 11) is 0. The zero-order valence-corrected chi connectivity index (χ0v) is 26.3. The fraction of sp³-hybridized carbons (Fsp3) is 0. The number of fused-ring (bicyclic) bond motifs is 3. The van der Waals surface area contributed by atoms with E-state index < -0.39 is 0 Å². The lowest BCUT2D eigenvalue weighted by molar-refractivity contribution is 1.07. The van der Waals surface area contributed by atoms with Crippen LogP contribution in [-0.2, 0) is 0 Å². The smallest absolute Gasteiger partial charge is 0.164 e. The van der Waals surface area contributed by atoms with E-state index in [1.807, 2.05) is 66.9 Å². The molecule has 0 unspecified atom stereocenters. The summed E-state index contributed by atoms with van der Waals surface area (Å²) in [4.78, 5) is 27.7. The Morgan fingerprint density at radius 2 is 0.837 bits per heavy atom. The Bertz CT molecular complexity index is 2560. The Balaban J connectivity index is 1.12. The van der Waals surface area contributed by atoms with Crippen molar-refractivity contribution in [3.05, 3.63) is 164 Å². The van der Waals surface area contributed by atoms with Crippen LogP contribution < -0.4 is 0 Å². The van der Waals surface area contributed by atoms with Gasteiger partial charge in [0, 0.05) is 56.5 Å². The molecule has 6 nitrogen and oxygen atoms in total. The zero-order chi connectivity index (χ0) is 32.6. The van der Waals surface area contributed by atoms with Crippen LogP contribution in [0.5, 0.6) is 0 Å². The minimum Gasteiger partial charge on any atom is -0.355 e. The third-order valence-electron chi connectivity index (χ3n) is 8.80. The summed E-state index contributed by atoms with van der Waals surface area (Å²) in [5.74, 6) is 1.89. The van der Waals surface area contributed by atoms with E-state index in [-0.39, 0.29) is 0 Å². The molecule has 1 N–H and O–H groups in total. The van der Waals surface area contributed by atoms with Gasteiger partial charge in [0.1, 0.15) is 0 Å². The van der Waals surface area contributed by atoms with Crippen molar-refractivity contribution in [1.82, 2.24) is 29.9 Å². The van der Waals surface area contributed by atoms with Crippen LogP contribution in [0.1, 0.15) is 0 Å². The Hall–Kier alpha value is -6.79. The molecule has 0 fully saturated rings. The van der Waals surface area contributed by atoms with Crippen LogP contribution in [0.4, 0.5) is 0 Å². The third kappa shape index (κ3) is 5.51. The number of H-pyrrole nitrogens is 1. The Morgan fingerprint density at radius 1 is 0.347 bits per heavy atom. The molecule has 5 aromatic carbocycles. The van der Waals surface area contributed by atoms with Crippen LogP contribution in [0.2, 0.25) is 0 Å². The van der Waals surface area contributed by atoms with Gasteiger partial charge in [-0.2, -0.15) is 0 Å². The fourth-order valence-corrected chi connectivity index (χ4v) is 6.24. The number of rotatable bonds is 6. The third-order valence-corrected chi connectivity index (χ3v) is 8.80. The monoisotopic (exact) mass is 628 g/mol. The molecule has 0 spiro atoms. The van der Waals surface area contributed by atoms with Crippen LogP contribution in [0, 0.1) is 0 Å². The number of aromatic nitrogens is 6. The molecule has 0 radical (unpaired) electrons. The van der Waals surface area contributed by atoms with Gasteiger partial charge < -0.3 is 4.98 Å². The number of hydrogen-bond donors (Lipinski definition) is 1. The van der Waals surface area contributed by atoms with Crippen molar-refractivity contribution in [3.63, 3.8) is 0 Å². The summed E-state index contributed by atoms with van der Waals surface area (Å²) in [6, 6.07) is 51.6. The summed E-state index contributed by atoms with van der Waals surface area (Å²) in [5.41, 5.74) is 11.1. The summed E-state index contributed by atoms with van der Waals surface area (Å²) in [5, 5.41) is 2.22. The molecule has 4 aromatic heterocycles. The van der Waals surface area contributed by atoms with Crippen LogP contribution in [-0.4, -0.2) is 29.9 Å². The molecule has 49 heavy (non-hydrogen) atoms. The maximum absolute atomic E-state index is 5.03. The van der Waals surface area contributed by atoms with E-state index in [2.05, 4.69) is 101 Å². The maximum Gasteiger partial charge on any atom is 0.164 e. The summed E-state index contributed by atoms with van der Waals surface area (Å²) < 4.78 is 0. The lowest BCUT2D eigenvalue weighted by atomic mass is 10.0. The summed E-state index contributed by atoms with van der Waals surface area (Å²) >= 11 is 0. The quantitative estimate of drug-likeness (QED) is 0.198. The Labute approximate surface area is 282 Å². The number of pyridine rings is 2. The number of nitrogens with one attached hydrogen (secondary N) is 1. The first-order chi connectivity index (χ1) is 24.2. The van der Waals surface area contributed by atoms with E-state index in [1.165, 1.54) is 5.56 Å². The zero-order valence-electron chi connectivity index (χ0n) is 26.3. The first-order valence-electron chi connectivity index (χ1n) is 16.2. The highest BCUT2D eigenvalue weighted by molar-refractivity contribution is 6.09. The van der Waals surface area contributed by atoms with E-state index >= 15 is 0 Å². The molecule has 0 atom stereocenters. The minimum atomic E-state index is 0.623. The molecule has 0 aliphatic carbocycles. The molecule has 0 saturated heterocycles. The molecule has 0 saturated carbocycles. The molecule has 230 valence electrons. The highest BCUT2D eigenvalue weighted by Gasteiger charge is 2.15. The Kier molecular flexibility index (Phi) is 7.02. The fourth-order valence-electron chi connectivity index (χ4n) is 6.24. The van der Waals surface area contributed by atoms with Gasteiger partial charge in [0.2, 0.25) is 0 Å². The molecule has 4 heterocycles. The van der Waals surface area contributed by atoms with Crippen LogP contribution >= 0.6 is 0 Å². The van der Waals surface area contributed by atoms with Gasteiger partial charge in [-0.3, -0.25) is 9.97 Å². The summed E-state index contributed by atoms with van der Waals surface area (Å²) in [6.07, 6.45) is 3.70. The van der Waals surface area contributed by atoms with Gasteiger partial charge in [-0.1, -0.05) is 103 Å². The predicted molar refractivity (Wildman–Crippen MR) is 197 cm³/mol. The van der Waals surface area contributed by atoms with E-state index in [0.717, 1.165) is 66.6 Å². The lowest BCUT2D eigenvalue weighted by Crippen LogP contribution is -2.00. The van der Waals surface area contributed by atoms with Gasteiger partial charge >= 0.3 is 0 Å². The molecule has 0 aliphatic rings. The second kappa shape index (κ2) is 12.1. The first kappa shape index (κ1) is 28.4. The van der Waals surface area contributed by atoms with Gasteiger partial charge in [0.05, 0.1) is 11.4 Å². The standard InChI is InChI=1S/C43H28N6/c1-3-9-28(10-4-1)29-14-16-31(17-15-29)42-47-41(30-11-5-2-6-12-30)48-43(49-42)33-19-22-38-36(26-33)35-25-32(18-21-37(35)46-38)34-20-23-40(45-27-34)39-13-7-8-24-44-39/h1-27,46H. The van der Waals surface area contributed by atoms with E-state index in [4.69, 9.17) is 19.9 Å². The van der Waals surface area contributed by atoms with Crippen LogP contribution in [0.15, 0.2) is 164 Å². The van der Waals surface area contributed by atoms with Gasteiger partial charge in [-0.15, -0.1) is 0 Å². The number of benzene rings is 5. The van der Waals surface area contributed by atoms with Gasteiger partial charge in [0.15, 0.2) is 17.5 Å². The highest BCUT2D eigenvalue weighted by atomic mass is 15.0. The average molecular weight is 629 g/mol. The maximum atomic E-state index is 5.03. The van der Waals surface area contributed by atoms with Crippen molar-refractivity contribution in [2.24, 2.45) is 0 Å². The van der Waals surface area contributed by atoms with Crippen molar-refractivity contribution in [2.45, 2.75) is 0 Å². The van der Waals surface area contributed by atoms with Crippen molar-refractivity contribution < 1.29 is 0 Å². The van der Waals surface area contributed by atoms with Gasteiger partial charge in [0.25, 0.3) is 0 Å². The molecule has 6 heteroatoms. The first-order valence-corrected chi connectivity index (χ1v) is 16.2. The molecule has 0 amide bonds. The van der Waals surface area contributed by atoms with Gasteiger partial charge in [-0.25, -0.2) is 15.0 Å². The van der Waals surface area contributed by atoms with Crippen molar-refractivity contribution in [3.8, 4) is 67.8 Å². The SMILES string of the molecule is c1ccc(-c2ccc(-c3nc(-c4ccccc4)nc(-c4ccc5[nH]c6ccc(-c7ccc(-c8ccccn8)nc7)cc6c5c4)n3)cc2)cc1. The van der Waals surface area contributed by atoms with Crippen LogP contribution in [0.25, 0.3) is 89.6 Å². The van der Waals surface area contributed by atoms with Crippen molar-refractivity contribution in [1.29, 1.82) is 0 Å². The molecule has 0 aliphatic heterocycles. The molecular weight excluding hydrogens is 601 g/mol. The molecular formula is C43H28N6. The summed E-state index contributed by atoms with van der Waals surface area (Å²) in [6.45, 7) is 0. The molecule has 0 bridgehead atoms.